The van der Waals surface area contributed by atoms with Gasteiger partial charge >= 0.3 is 6.09 Å². The first-order valence-electron chi connectivity index (χ1n) is 6.84. The van der Waals surface area contributed by atoms with Gasteiger partial charge in [-0.1, -0.05) is 0 Å². The Hall–Kier alpha value is -1.06. The summed E-state index contributed by atoms with van der Waals surface area (Å²) >= 11 is 0. The molecule has 0 aliphatic carbocycles. The molecule has 0 bridgehead atoms. The van der Waals surface area contributed by atoms with Crippen molar-refractivity contribution in [2.75, 3.05) is 13.1 Å². The summed E-state index contributed by atoms with van der Waals surface area (Å²) in [7, 11) is 0. The number of carbonyl (C=O) groups excluding carboxylic acids is 2. The molecule has 1 saturated heterocycles. The van der Waals surface area contributed by atoms with Gasteiger partial charge in [-0.2, -0.15) is 0 Å². The molecule has 0 radical (unpaired) electrons. The van der Waals surface area contributed by atoms with Gasteiger partial charge < -0.3 is 14.4 Å². The molecule has 1 rings (SSSR count). The molecule has 4 heteroatoms. The topological polar surface area (TPSA) is 46.6 Å². The number of piperidine rings is 1. The number of ether oxygens (including phenoxy) is 1. The highest BCUT2D eigenvalue weighted by molar-refractivity contribution is 5.68. The number of amides is 1. The summed E-state index contributed by atoms with van der Waals surface area (Å²) in [5.41, 5.74) is -0.419. The second kappa shape index (κ2) is 6.76. The second-order valence-corrected chi connectivity index (χ2v) is 6.01. The van der Waals surface area contributed by atoms with Gasteiger partial charge in [0, 0.05) is 19.5 Å². The molecule has 1 aliphatic heterocycles. The van der Waals surface area contributed by atoms with Crippen LogP contribution in [0.15, 0.2) is 0 Å². The summed E-state index contributed by atoms with van der Waals surface area (Å²) in [6.45, 7) is 7.21. The van der Waals surface area contributed by atoms with Gasteiger partial charge in [-0.15, -0.1) is 0 Å². The standard InChI is InChI=1S/C14H25NO3/c1-14(2,3)18-13(17)15-9-7-12(8-10-15)6-4-5-11-16/h11-12H,4-10H2,1-3H3. The van der Waals surface area contributed by atoms with Crippen LogP contribution in [-0.4, -0.2) is 36.0 Å². The van der Waals surface area contributed by atoms with Gasteiger partial charge in [0.2, 0.25) is 0 Å². The predicted molar refractivity (Wildman–Crippen MR) is 70.4 cm³/mol. The monoisotopic (exact) mass is 255 g/mol. The van der Waals surface area contributed by atoms with Gasteiger partial charge in [0.05, 0.1) is 0 Å². The highest BCUT2D eigenvalue weighted by Crippen LogP contribution is 2.23. The van der Waals surface area contributed by atoms with Crippen molar-refractivity contribution in [3.8, 4) is 0 Å². The second-order valence-electron chi connectivity index (χ2n) is 6.01. The fourth-order valence-corrected chi connectivity index (χ4v) is 2.22. The number of hydrogen-bond acceptors (Lipinski definition) is 3. The van der Waals surface area contributed by atoms with Gasteiger partial charge in [0.1, 0.15) is 11.9 Å². The minimum Gasteiger partial charge on any atom is -0.444 e. The fraction of sp³-hybridized carbons (Fsp3) is 0.857. The number of aldehydes is 1. The van der Waals surface area contributed by atoms with Crippen molar-refractivity contribution in [3.63, 3.8) is 0 Å². The lowest BCUT2D eigenvalue weighted by Crippen LogP contribution is -2.41. The molecular weight excluding hydrogens is 230 g/mol. The zero-order valence-corrected chi connectivity index (χ0v) is 11.8. The van der Waals surface area contributed by atoms with Crippen molar-refractivity contribution in [2.24, 2.45) is 5.92 Å². The highest BCUT2D eigenvalue weighted by Gasteiger charge is 2.26. The highest BCUT2D eigenvalue weighted by atomic mass is 16.6. The SMILES string of the molecule is CC(C)(C)OC(=O)N1CCC(CCCC=O)CC1. The number of rotatable bonds is 4. The summed E-state index contributed by atoms with van der Waals surface area (Å²) in [6.07, 6.45) is 5.56. The molecule has 1 amide bonds. The lowest BCUT2D eigenvalue weighted by atomic mass is 9.92. The summed E-state index contributed by atoms with van der Waals surface area (Å²) in [4.78, 5) is 23.9. The Kier molecular flexibility index (Phi) is 5.63. The van der Waals surface area contributed by atoms with Crippen LogP contribution in [0.4, 0.5) is 4.79 Å². The minimum absolute atomic E-state index is 0.200. The predicted octanol–water partition coefficient (Wildman–Crippen LogP) is 3.00. The Labute approximate surface area is 110 Å². The van der Waals surface area contributed by atoms with E-state index in [1.54, 1.807) is 4.90 Å². The Morgan fingerprint density at radius 2 is 1.94 bits per heavy atom. The van der Waals surface area contributed by atoms with E-state index in [0.717, 1.165) is 45.1 Å². The average Bonchev–Trinajstić information content (AvgIpc) is 2.28. The molecule has 104 valence electrons. The van der Waals surface area contributed by atoms with Gasteiger partial charge in [-0.05, 0) is 52.4 Å². The van der Waals surface area contributed by atoms with E-state index in [-0.39, 0.29) is 6.09 Å². The Bertz CT molecular complexity index is 275. The average molecular weight is 255 g/mol. The summed E-state index contributed by atoms with van der Waals surface area (Å²) in [6, 6.07) is 0. The molecule has 0 aromatic rings. The Balaban J connectivity index is 2.26. The van der Waals surface area contributed by atoms with Crippen LogP contribution in [0.1, 0.15) is 52.9 Å². The lowest BCUT2D eigenvalue weighted by Gasteiger charge is -2.33. The molecule has 0 unspecified atom stereocenters. The first-order chi connectivity index (χ1) is 8.42. The molecule has 1 fully saturated rings. The maximum atomic E-state index is 11.8. The molecule has 0 spiro atoms. The van der Waals surface area contributed by atoms with Crippen LogP contribution >= 0.6 is 0 Å². The third kappa shape index (κ3) is 5.52. The van der Waals surface area contributed by atoms with E-state index in [4.69, 9.17) is 4.74 Å². The quantitative estimate of drug-likeness (QED) is 0.573. The van der Waals surface area contributed by atoms with Crippen LogP contribution in [-0.2, 0) is 9.53 Å². The lowest BCUT2D eigenvalue weighted by molar-refractivity contribution is -0.108. The third-order valence-corrected chi connectivity index (χ3v) is 3.20. The van der Waals surface area contributed by atoms with Gasteiger partial charge in [-0.25, -0.2) is 4.79 Å². The molecule has 0 atom stereocenters. The van der Waals surface area contributed by atoms with E-state index in [0.29, 0.717) is 12.3 Å². The van der Waals surface area contributed by atoms with Crippen molar-refractivity contribution >= 4 is 12.4 Å². The zero-order valence-electron chi connectivity index (χ0n) is 11.8. The van der Waals surface area contributed by atoms with E-state index in [1.807, 2.05) is 20.8 Å². The summed E-state index contributed by atoms with van der Waals surface area (Å²) in [5, 5.41) is 0. The maximum Gasteiger partial charge on any atom is 0.410 e. The maximum absolute atomic E-state index is 11.8. The molecule has 0 saturated carbocycles. The van der Waals surface area contributed by atoms with Crippen molar-refractivity contribution in [2.45, 2.75) is 58.5 Å². The Morgan fingerprint density at radius 1 is 1.33 bits per heavy atom. The normalized spacial score (nSPS) is 17.6. The third-order valence-electron chi connectivity index (χ3n) is 3.20. The molecular formula is C14H25NO3. The fourth-order valence-electron chi connectivity index (χ4n) is 2.22. The minimum atomic E-state index is -0.419. The number of carbonyl (C=O) groups is 2. The largest absolute Gasteiger partial charge is 0.444 e. The number of likely N-dealkylation sites (tertiary alicyclic amines) is 1. The van der Waals surface area contributed by atoms with Crippen LogP contribution in [0.2, 0.25) is 0 Å². The summed E-state index contributed by atoms with van der Waals surface area (Å²) < 4.78 is 5.35. The van der Waals surface area contributed by atoms with E-state index in [9.17, 15) is 9.59 Å². The van der Waals surface area contributed by atoms with Gasteiger partial charge in [0.15, 0.2) is 0 Å². The van der Waals surface area contributed by atoms with Crippen molar-refractivity contribution in [3.05, 3.63) is 0 Å². The van der Waals surface area contributed by atoms with E-state index >= 15 is 0 Å². The first-order valence-corrected chi connectivity index (χ1v) is 6.84. The molecule has 1 aliphatic rings. The van der Waals surface area contributed by atoms with Crippen molar-refractivity contribution in [1.82, 2.24) is 4.90 Å². The van der Waals surface area contributed by atoms with E-state index < -0.39 is 5.60 Å². The summed E-state index contributed by atoms with van der Waals surface area (Å²) in [5.74, 6) is 0.656. The van der Waals surface area contributed by atoms with Crippen LogP contribution in [0, 0.1) is 5.92 Å². The van der Waals surface area contributed by atoms with Crippen molar-refractivity contribution in [1.29, 1.82) is 0 Å². The number of nitrogens with zero attached hydrogens (tertiary/aromatic N) is 1. The molecule has 0 aromatic heterocycles. The van der Waals surface area contributed by atoms with Gasteiger partial charge in [-0.3, -0.25) is 0 Å². The van der Waals surface area contributed by atoms with Crippen LogP contribution < -0.4 is 0 Å². The Morgan fingerprint density at radius 3 is 2.44 bits per heavy atom. The van der Waals surface area contributed by atoms with E-state index in [2.05, 4.69) is 0 Å². The first kappa shape index (κ1) is 15.0. The molecule has 0 aromatic carbocycles. The zero-order chi connectivity index (χ0) is 13.6. The number of unbranched alkanes of at least 4 members (excludes halogenated alkanes) is 1. The van der Waals surface area contributed by atoms with Crippen LogP contribution in [0.25, 0.3) is 0 Å². The van der Waals surface area contributed by atoms with Crippen molar-refractivity contribution < 1.29 is 14.3 Å². The number of hydrogen-bond donors (Lipinski definition) is 0. The van der Waals surface area contributed by atoms with Crippen LogP contribution in [0.5, 0.6) is 0 Å². The van der Waals surface area contributed by atoms with Crippen LogP contribution in [0.3, 0.4) is 0 Å². The smallest absolute Gasteiger partial charge is 0.410 e. The molecule has 1 heterocycles. The molecule has 0 N–H and O–H groups in total. The molecule has 4 nitrogen and oxygen atoms in total. The van der Waals surface area contributed by atoms with E-state index in [1.165, 1.54) is 0 Å². The van der Waals surface area contributed by atoms with Gasteiger partial charge in [0.25, 0.3) is 0 Å². The molecule has 18 heavy (non-hydrogen) atoms.